The van der Waals surface area contributed by atoms with Crippen LogP contribution in [0.2, 0.25) is 0 Å². The van der Waals surface area contributed by atoms with Gasteiger partial charge in [0.15, 0.2) is 0 Å². The second-order valence-corrected chi connectivity index (χ2v) is 7.54. The SMILES string of the molecule is CCOC(=O)[C@H](CCSC)N(CCCBr)C(=O)OC(C)(C)C. The Balaban J connectivity index is 5.16. The summed E-state index contributed by atoms with van der Waals surface area (Å²) in [7, 11) is 0. The van der Waals surface area contributed by atoms with Gasteiger partial charge in [0.2, 0.25) is 0 Å². The molecule has 5 nitrogen and oxygen atoms in total. The van der Waals surface area contributed by atoms with Crippen LogP contribution in [-0.2, 0) is 14.3 Å². The number of hydrogen-bond donors (Lipinski definition) is 0. The van der Waals surface area contributed by atoms with E-state index in [0.29, 0.717) is 19.6 Å². The van der Waals surface area contributed by atoms with Crippen molar-refractivity contribution < 1.29 is 19.1 Å². The maximum atomic E-state index is 12.5. The lowest BCUT2D eigenvalue weighted by molar-refractivity contribution is -0.149. The molecule has 0 fully saturated rings. The van der Waals surface area contributed by atoms with Gasteiger partial charge in [-0.1, -0.05) is 15.9 Å². The van der Waals surface area contributed by atoms with Crippen LogP contribution < -0.4 is 0 Å². The fourth-order valence-corrected chi connectivity index (χ4v) is 2.50. The van der Waals surface area contributed by atoms with Crippen molar-refractivity contribution >= 4 is 39.8 Å². The molecule has 0 rings (SSSR count). The van der Waals surface area contributed by atoms with Gasteiger partial charge in [-0.25, -0.2) is 9.59 Å². The highest BCUT2D eigenvalue weighted by Gasteiger charge is 2.33. The molecule has 22 heavy (non-hydrogen) atoms. The second-order valence-electron chi connectivity index (χ2n) is 5.77. The zero-order chi connectivity index (χ0) is 17.2. The van der Waals surface area contributed by atoms with Crippen LogP contribution in [0.15, 0.2) is 0 Å². The third kappa shape index (κ3) is 8.88. The van der Waals surface area contributed by atoms with Crippen LogP contribution in [0.1, 0.15) is 40.5 Å². The number of carbonyl (C=O) groups excluding carboxylic acids is 2. The summed E-state index contributed by atoms with van der Waals surface area (Å²) in [5.41, 5.74) is -0.595. The van der Waals surface area contributed by atoms with Gasteiger partial charge in [0.25, 0.3) is 0 Å². The molecule has 0 saturated carbocycles. The number of ether oxygens (including phenoxy) is 2. The highest BCUT2D eigenvalue weighted by atomic mass is 79.9. The number of nitrogens with zero attached hydrogens (tertiary/aromatic N) is 1. The first-order valence-electron chi connectivity index (χ1n) is 7.48. The third-order valence-corrected chi connectivity index (χ3v) is 3.90. The molecule has 0 aliphatic heterocycles. The zero-order valence-electron chi connectivity index (χ0n) is 14.2. The summed E-state index contributed by atoms with van der Waals surface area (Å²) < 4.78 is 10.6. The fourth-order valence-electron chi connectivity index (χ4n) is 1.79. The van der Waals surface area contributed by atoms with Gasteiger partial charge in [-0.2, -0.15) is 11.8 Å². The maximum absolute atomic E-state index is 12.5. The molecule has 0 aliphatic rings. The lowest BCUT2D eigenvalue weighted by Crippen LogP contribution is -2.48. The molecule has 0 heterocycles. The molecule has 0 aromatic carbocycles. The Bertz CT molecular complexity index is 347. The van der Waals surface area contributed by atoms with Crippen molar-refractivity contribution in [2.24, 2.45) is 0 Å². The Morgan fingerprint density at radius 1 is 1.32 bits per heavy atom. The lowest BCUT2D eigenvalue weighted by Gasteiger charge is -2.32. The standard InChI is InChI=1S/C15H28BrNO4S/c1-6-20-13(18)12(8-11-22-5)17(10-7-9-16)14(19)21-15(2,3)4/h12H,6-11H2,1-5H3/t12-/m0/s1. The second kappa shape index (κ2) is 11.2. The minimum atomic E-state index is -0.596. The molecule has 0 bridgehead atoms. The Hall–Kier alpha value is -0.430. The average molecular weight is 398 g/mol. The van der Waals surface area contributed by atoms with Crippen LogP contribution in [0.4, 0.5) is 4.79 Å². The van der Waals surface area contributed by atoms with Crippen LogP contribution >= 0.6 is 27.7 Å². The van der Waals surface area contributed by atoms with E-state index in [1.807, 2.05) is 27.0 Å². The summed E-state index contributed by atoms with van der Waals surface area (Å²) in [6, 6.07) is -0.596. The lowest BCUT2D eigenvalue weighted by atomic mass is 10.2. The van der Waals surface area contributed by atoms with Crippen LogP contribution in [0.25, 0.3) is 0 Å². The molecule has 0 spiro atoms. The summed E-state index contributed by atoms with van der Waals surface area (Å²) in [4.78, 5) is 26.2. The average Bonchev–Trinajstić information content (AvgIpc) is 2.40. The highest BCUT2D eigenvalue weighted by molar-refractivity contribution is 9.09. The molecule has 0 radical (unpaired) electrons. The Morgan fingerprint density at radius 2 is 1.95 bits per heavy atom. The molecule has 0 aromatic heterocycles. The molecule has 1 atom stereocenters. The van der Waals surface area contributed by atoms with E-state index in [0.717, 1.165) is 17.5 Å². The van der Waals surface area contributed by atoms with Crippen molar-refractivity contribution in [1.29, 1.82) is 0 Å². The Kier molecular flexibility index (Phi) is 10.9. The summed E-state index contributed by atoms with van der Waals surface area (Å²) in [5, 5.41) is 0.754. The number of amides is 1. The first-order valence-corrected chi connectivity index (χ1v) is 9.99. The number of rotatable bonds is 9. The van der Waals surface area contributed by atoms with Crippen molar-refractivity contribution in [2.75, 3.05) is 30.5 Å². The number of alkyl halides is 1. The number of halogens is 1. The molecule has 0 saturated heterocycles. The van der Waals surface area contributed by atoms with Gasteiger partial charge in [-0.3, -0.25) is 4.90 Å². The van der Waals surface area contributed by atoms with Crippen molar-refractivity contribution in [3.05, 3.63) is 0 Å². The molecule has 1 amide bonds. The van der Waals surface area contributed by atoms with E-state index < -0.39 is 17.7 Å². The summed E-state index contributed by atoms with van der Waals surface area (Å²) in [5.74, 6) is 0.411. The largest absolute Gasteiger partial charge is 0.464 e. The first-order chi connectivity index (χ1) is 10.3. The molecule has 0 aliphatic carbocycles. The summed E-state index contributed by atoms with van der Waals surface area (Å²) in [6.45, 7) is 7.96. The van der Waals surface area contributed by atoms with E-state index >= 15 is 0 Å². The summed E-state index contributed by atoms with van der Waals surface area (Å²) >= 11 is 4.99. The molecule has 7 heteroatoms. The van der Waals surface area contributed by atoms with Crippen LogP contribution in [-0.4, -0.2) is 59.1 Å². The van der Waals surface area contributed by atoms with E-state index in [1.54, 1.807) is 18.7 Å². The Labute approximate surface area is 146 Å². The van der Waals surface area contributed by atoms with E-state index in [9.17, 15) is 9.59 Å². The van der Waals surface area contributed by atoms with E-state index in [-0.39, 0.29) is 5.97 Å². The number of esters is 1. The van der Waals surface area contributed by atoms with E-state index in [1.165, 1.54) is 4.90 Å². The normalized spacial score (nSPS) is 12.6. The van der Waals surface area contributed by atoms with Crippen molar-refractivity contribution in [3.63, 3.8) is 0 Å². The van der Waals surface area contributed by atoms with Gasteiger partial charge in [-0.05, 0) is 52.5 Å². The smallest absolute Gasteiger partial charge is 0.411 e. The predicted molar refractivity (Wildman–Crippen MR) is 94.8 cm³/mol. The van der Waals surface area contributed by atoms with Gasteiger partial charge in [0, 0.05) is 11.9 Å². The van der Waals surface area contributed by atoms with Crippen molar-refractivity contribution in [2.45, 2.75) is 52.2 Å². The third-order valence-electron chi connectivity index (χ3n) is 2.69. The molecule has 130 valence electrons. The fraction of sp³-hybridized carbons (Fsp3) is 0.867. The summed E-state index contributed by atoms with van der Waals surface area (Å²) in [6.07, 6.45) is 2.81. The van der Waals surface area contributed by atoms with Crippen molar-refractivity contribution in [1.82, 2.24) is 4.90 Å². The van der Waals surface area contributed by atoms with Gasteiger partial charge in [-0.15, -0.1) is 0 Å². The molecular weight excluding hydrogens is 370 g/mol. The van der Waals surface area contributed by atoms with Gasteiger partial charge in [0.05, 0.1) is 6.61 Å². The van der Waals surface area contributed by atoms with E-state index in [4.69, 9.17) is 9.47 Å². The first kappa shape index (κ1) is 21.6. The number of hydrogen-bond acceptors (Lipinski definition) is 5. The van der Waals surface area contributed by atoms with Gasteiger partial charge >= 0.3 is 12.1 Å². The van der Waals surface area contributed by atoms with Gasteiger partial charge < -0.3 is 9.47 Å². The highest BCUT2D eigenvalue weighted by Crippen LogP contribution is 2.17. The van der Waals surface area contributed by atoms with Crippen LogP contribution in [0, 0.1) is 0 Å². The molecule has 0 aromatic rings. The van der Waals surface area contributed by atoms with Crippen LogP contribution in [0.5, 0.6) is 0 Å². The van der Waals surface area contributed by atoms with E-state index in [2.05, 4.69) is 15.9 Å². The molecular formula is C15H28BrNO4S. The minimum absolute atomic E-state index is 0.301. The topological polar surface area (TPSA) is 55.8 Å². The molecule has 0 N–H and O–H groups in total. The number of thioether (sulfide) groups is 1. The van der Waals surface area contributed by atoms with Crippen LogP contribution in [0.3, 0.4) is 0 Å². The predicted octanol–water partition coefficient (Wildman–Crippen LogP) is 3.69. The monoisotopic (exact) mass is 397 g/mol. The maximum Gasteiger partial charge on any atom is 0.411 e. The van der Waals surface area contributed by atoms with Crippen molar-refractivity contribution in [3.8, 4) is 0 Å². The quantitative estimate of drug-likeness (QED) is 0.438. The minimum Gasteiger partial charge on any atom is -0.464 e. The zero-order valence-corrected chi connectivity index (χ0v) is 16.6. The van der Waals surface area contributed by atoms with Gasteiger partial charge in [0.1, 0.15) is 11.6 Å². The Morgan fingerprint density at radius 3 is 2.41 bits per heavy atom. The number of carbonyl (C=O) groups is 2. The molecule has 0 unspecified atom stereocenters.